The third-order valence-electron chi connectivity index (χ3n) is 4.89. The first kappa shape index (κ1) is 18.6. The second-order valence-electron chi connectivity index (χ2n) is 6.71. The topological polar surface area (TPSA) is 65.0 Å². The Labute approximate surface area is 167 Å². The number of hydrogen-bond donors (Lipinski definition) is 0. The molecule has 7 heteroatoms. The molecule has 0 aliphatic heterocycles. The average molecular weight is 402 g/mol. The Kier molecular flexibility index (Phi) is 5.59. The van der Waals surface area contributed by atoms with Crippen molar-refractivity contribution < 1.29 is 9.53 Å². The van der Waals surface area contributed by atoms with Crippen molar-refractivity contribution in [3.05, 3.63) is 23.1 Å². The van der Waals surface area contributed by atoms with Gasteiger partial charge in [0.05, 0.1) is 22.6 Å². The molecule has 27 heavy (non-hydrogen) atoms. The van der Waals surface area contributed by atoms with Crippen molar-refractivity contribution in [2.75, 3.05) is 12.4 Å². The Morgan fingerprint density at radius 1 is 1.22 bits per heavy atom. The van der Waals surface area contributed by atoms with E-state index in [1.54, 1.807) is 17.7 Å². The number of thiophene rings is 1. The summed E-state index contributed by atoms with van der Waals surface area (Å²) in [6.45, 7) is 4.43. The van der Waals surface area contributed by atoms with Crippen LogP contribution in [0, 0.1) is 0 Å². The summed E-state index contributed by atoms with van der Waals surface area (Å²) in [7, 11) is 0. The predicted octanol–water partition coefficient (Wildman–Crippen LogP) is 4.73. The summed E-state index contributed by atoms with van der Waals surface area (Å²) in [6.07, 6.45) is 8.45. The molecule has 1 aliphatic carbocycles. The van der Waals surface area contributed by atoms with Gasteiger partial charge in [-0.05, 0) is 50.2 Å². The quantitative estimate of drug-likeness (QED) is 0.338. The number of rotatable bonds is 6. The van der Waals surface area contributed by atoms with E-state index >= 15 is 0 Å². The standard InChI is InChI=1S/C20H23N3O2S2/c1-3-7-14-12-8-5-6-9-13(12)16-17-18(27-19(16)23-14)20(22-11-21-17)26-10-15(24)25-4-2/h11H,3-10H2,1-2H3. The fraction of sp³-hybridized carbons (Fsp3) is 0.500. The van der Waals surface area contributed by atoms with E-state index in [0.29, 0.717) is 6.61 Å². The van der Waals surface area contributed by atoms with E-state index < -0.39 is 0 Å². The van der Waals surface area contributed by atoms with Crippen molar-refractivity contribution in [3.8, 4) is 0 Å². The molecule has 0 saturated heterocycles. The van der Waals surface area contributed by atoms with Crippen LogP contribution in [0.1, 0.15) is 49.9 Å². The smallest absolute Gasteiger partial charge is 0.316 e. The van der Waals surface area contributed by atoms with Crippen LogP contribution in [0.15, 0.2) is 11.4 Å². The molecule has 142 valence electrons. The number of ether oxygens (including phenoxy) is 1. The highest BCUT2D eigenvalue weighted by atomic mass is 32.2. The number of nitrogens with zero attached hydrogens (tertiary/aromatic N) is 3. The molecule has 0 spiro atoms. The highest BCUT2D eigenvalue weighted by Gasteiger charge is 2.23. The number of pyridine rings is 1. The molecule has 0 bridgehead atoms. The van der Waals surface area contributed by atoms with Crippen LogP contribution >= 0.6 is 23.1 Å². The third kappa shape index (κ3) is 3.55. The summed E-state index contributed by atoms with van der Waals surface area (Å²) in [5.74, 6) is 0.0528. The summed E-state index contributed by atoms with van der Waals surface area (Å²) >= 11 is 3.08. The lowest BCUT2D eigenvalue weighted by Gasteiger charge is -2.19. The summed E-state index contributed by atoms with van der Waals surface area (Å²) in [4.78, 5) is 26.9. The van der Waals surface area contributed by atoms with Gasteiger partial charge in [0.15, 0.2) is 0 Å². The lowest BCUT2D eigenvalue weighted by molar-refractivity contribution is -0.139. The number of aromatic nitrogens is 3. The number of carbonyl (C=O) groups excluding carboxylic acids is 1. The lowest BCUT2D eigenvalue weighted by Crippen LogP contribution is -2.09. The van der Waals surface area contributed by atoms with Crippen molar-refractivity contribution in [2.24, 2.45) is 0 Å². The van der Waals surface area contributed by atoms with Crippen LogP contribution in [0.3, 0.4) is 0 Å². The van der Waals surface area contributed by atoms with Crippen molar-refractivity contribution in [2.45, 2.75) is 57.4 Å². The van der Waals surface area contributed by atoms with Gasteiger partial charge in [-0.3, -0.25) is 4.79 Å². The molecule has 0 aromatic carbocycles. The second kappa shape index (κ2) is 8.10. The second-order valence-corrected chi connectivity index (χ2v) is 8.67. The molecule has 1 aliphatic rings. The molecular formula is C20H23N3O2S2. The van der Waals surface area contributed by atoms with E-state index in [2.05, 4.69) is 16.9 Å². The third-order valence-corrected chi connectivity index (χ3v) is 7.07. The van der Waals surface area contributed by atoms with Gasteiger partial charge in [0.2, 0.25) is 0 Å². The minimum Gasteiger partial charge on any atom is -0.465 e. The normalized spacial score (nSPS) is 13.9. The summed E-state index contributed by atoms with van der Waals surface area (Å²) in [5.41, 5.74) is 5.15. The van der Waals surface area contributed by atoms with Gasteiger partial charge in [0, 0.05) is 11.1 Å². The zero-order chi connectivity index (χ0) is 18.8. The van der Waals surface area contributed by atoms with E-state index in [9.17, 15) is 4.79 Å². The summed E-state index contributed by atoms with van der Waals surface area (Å²) in [6, 6.07) is 0. The van der Waals surface area contributed by atoms with Gasteiger partial charge in [-0.25, -0.2) is 15.0 Å². The van der Waals surface area contributed by atoms with Crippen LogP contribution in [-0.2, 0) is 28.8 Å². The van der Waals surface area contributed by atoms with E-state index in [4.69, 9.17) is 9.72 Å². The molecule has 0 unspecified atom stereocenters. The minimum absolute atomic E-state index is 0.212. The molecule has 0 radical (unpaired) electrons. The first-order valence-electron chi connectivity index (χ1n) is 9.59. The number of hydrogen-bond acceptors (Lipinski definition) is 7. The van der Waals surface area contributed by atoms with Gasteiger partial charge >= 0.3 is 5.97 Å². The highest BCUT2D eigenvalue weighted by molar-refractivity contribution is 8.00. The maximum Gasteiger partial charge on any atom is 0.316 e. The van der Waals surface area contributed by atoms with Gasteiger partial charge in [-0.1, -0.05) is 25.1 Å². The van der Waals surface area contributed by atoms with Crippen LogP contribution < -0.4 is 0 Å². The summed E-state index contributed by atoms with van der Waals surface area (Å²) in [5, 5.41) is 2.06. The monoisotopic (exact) mass is 401 g/mol. The maximum absolute atomic E-state index is 11.7. The molecule has 3 heterocycles. The van der Waals surface area contributed by atoms with Gasteiger partial charge in [0.1, 0.15) is 16.2 Å². The molecule has 0 amide bonds. The zero-order valence-corrected chi connectivity index (χ0v) is 17.3. The van der Waals surface area contributed by atoms with Crippen LogP contribution in [0.25, 0.3) is 20.4 Å². The molecule has 0 fully saturated rings. The van der Waals surface area contributed by atoms with Crippen LogP contribution in [0.5, 0.6) is 0 Å². The van der Waals surface area contributed by atoms with Crippen LogP contribution in [0.4, 0.5) is 0 Å². The van der Waals surface area contributed by atoms with Gasteiger partial charge in [0.25, 0.3) is 0 Å². The molecule has 3 aromatic heterocycles. The fourth-order valence-corrected chi connectivity index (χ4v) is 5.85. The number of aryl methyl sites for hydroxylation is 2. The Hall–Kier alpha value is -1.73. The van der Waals surface area contributed by atoms with E-state index in [1.807, 2.05) is 6.92 Å². The number of thioether (sulfide) groups is 1. The predicted molar refractivity (Wildman–Crippen MR) is 111 cm³/mol. The Balaban J connectivity index is 1.83. The minimum atomic E-state index is -0.212. The van der Waals surface area contributed by atoms with Gasteiger partial charge in [-0.15, -0.1) is 11.3 Å². The molecular weight excluding hydrogens is 378 g/mol. The zero-order valence-electron chi connectivity index (χ0n) is 15.7. The first-order chi connectivity index (χ1) is 13.2. The van der Waals surface area contributed by atoms with E-state index in [-0.39, 0.29) is 11.7 Å². The van der Waals surface area contributed by atoms with Crippen molar-refractivity contribution in [1.82, 2.24) is 15.0 Å². The maximum atomic E-state index is 11.7. The molecule has 0 atom stereocenters. The SMILES string of the molecule is CCCc1nc2sc3c(SCC(=O)OCC)ncnc3c2c2c1CCCC2. The largest absolute Gasteiger partial charge is 0.465 e. The Morgan fingerprint density at radius 2 is 2.04 bits per heavy atom. The van der Waals surface area contributed by atoms with Crippen LogP contribution in [0.2, 0.25) is 0 Å². The van der Waals surface area contributed by atoms with Crippen molar-refractivity contribution in [1.29, 1.82) is 0 Å². The van der Waals surface area contributed by atoms with Crippen molar-refractivity contribution in [3.63, 3.8) is 0 Å². The molecule has 4 rings (SSSR count). The summed E-state index contributed by atoms with van der Waals surface area (Å²) < 4.78 is 6.08. The lowest BCUT2D eigenvalue weighted by atomic mass is 9.88. The van der Waals surface area contributed by atoms with E-state index in [0.717, 1.165) is 45.8 Å². The molecule has 0 N–H and O–H groups in total. The fourth-order valence-electron chi connectivity index (χ4n) is 3.79. The Bertz CT molecular complexity index is 1000. The van der Waals surface area contributed by atoms with E-state index in [1.165, 1.54) is 46.8 Å². The number of fused-ring (bicyclic) bond motifs is 5. The first-order valence-corrected chi connectivity index (χ1v) is 11.4. The van der Waals surface area contributed by atoms with Gasteiger partial charge in [-0.2, -0.15) is 0 Å². The Morgan fingerprint density at radius 3 is 2.81 bits per heavy atom. The molecule has 0 saturated carbocycles. The number of esters is 1. The highest BCUT2D eigenvalue weighted by Crippen LogP contribution is 2.41. The average Bonchev–Trinajstić information content (AvgIpc) is 3.06. The van der Waals surface area contributed by atoms with Gasteiger partial charge < -0.3 is 4.74 Å². The molecule has 3 aromatic rings. The number of carbonyl (C=O) groups is 1. The molecule has 5 nitrogen and oxygen atoms in total. The van der Waals surface area contributed by atoms with Crippen molar-refractivity contribution >= 4 is 49.5 Å². The van der Waals surface area contributed by atoms with Crippen LogP contribution in [-0.4, -0.2) is 33.3 Å².